The number of hydrogen-bond acceptors (Lipinski definition) is 3. The number of piperidine rings is 1. The van der Waals surface area contributed by atoms with Crippen LogP contribution in [0.4, 0.5) is 0 Å². The minimum absolute atomic E-state index is 0.399. The zero-order valence-corrected chi connectivity index (χ0v) is 11.1. The Bertz CT molecular complexity index is 258. The molecule has 0 aromatic rings. The van der Waals surface area contributed by atoms with Crippen LogP contribution in [-0.2, 0) is 0 Å². The predicted molar refractivity (Wildman–Crippen MR) is 67.1 cm³/mol. The van der Waals surface area contributed by atoms with E-state index in [0.717, 1.165) is 25.6 Å². The van der Waals surface area contributed by atoms with Gasteiger partial charge in [0.05, 0.1) is 6.07 Å². The van der Waals surface area contributed by atoms with Gasteiger partial charge in [-0.3, -0.25) is 10.2 Å². The molecule has 0 amide bonds. The molecule has 3 unspecified atom stereocenters. The van der Waals surface area contributed by atoms with Crippen molar-refractivity contribution in [2.75, 3.05) is 19.6 Å². The fourth-order valence-electron chi connectivity index (χ4n) is 2.62. The molecule has 1 heterocycles. The van der Waals surface area contributed by atoms with Crippen LogP contribution in [0.1, 0.15) is 40.5 Å². The maximum absolute atomic E-state index is 9.25. The standard InChI is InChI=1S/C13H25N3/c1-5-15-13(4,9-14)10-16-7-6-11(2)8-12(16)3/h11-12,15H,5-8,10H2,1-4H3. The molecule has 1 N–H and O–H groups in total. The van der Waals surface area contributed by atoms with Crippen LogP contribution in [0.5, 0.6) is 0 Å². The van der Waals surface area contributed by atoms with E-state index in [1.165, 1.54) is 12.8 Å². The second kappa shape index (κ2) is 5.65. The van der Waals surface area contributed by atoms with Crippen LogP contribution in [0.25, 0.3) is 0 Å². The van der Waals surface area contributed by atoms with E-state index in [4.69, 9.17) is 0 Å². The van der Waals surface area contributed by atoms with Crippen molar-refractivity contribution in [3.8, 4) is 6.07 Å². The van der Waals surface area contributed by atoms with Crippen molar-refractivity contribution >= 4 is 0 Å². The molecule has 0 aliphatic carbocycles. The van der Waals surface area contributed by atoms with Crippen molar-refractivity contribution in [3.63, 3.8) is 0 Å². The van der Waals surface area contributed by atoms with Crippen LogP contribution >= 0.6 is 0 Å². The summed E-state index contributed by atoms with van der Waals surface area (Å²) in [7, 11) is 0. The van der Waals surface area contributed by atoms with E-state index in [2.05, 4.69) is 37.1 Å². The van der Waals surface area contributed by atoms with E-state index < -0.39 is 5.54 Å². The minimum atomic E-state index is -0.399. The first kappa shape index (κ1) is 13.5. The highest BCUT2D eigenvalue weighted by Crippen LogP contribution is 2.23. The molecule has 1 saturated heterocycles. The third kappa shape index (κ3) is 3.47. The molecule has 3 nitrogen and oxygen atoms in total. The van der Waals surface area contributed by atoms with Gasteiger partial charge in [-0.2, -0.15) is 5.26 Å². The van der Waals surface area contributed by atoms with E-state index >= 15 is 0 Å². The topological polar surface area (TPSA) is 39.1 Å². The zero-order chi connectivity index (χ0) is 12.2. The number of rotatable bonds is 4. The summed E-state index contributed by atoms with van der Waals surface area (Å²) in [5.74, 6) is 0.832. The quantitative estimate of drug-likeness (QED) is 0.792. The summed E-state index contributed by atoms with van der Waals surface area (Å²) in [4.78, 5) is 2.45. The zero-order valence-electron chi connectivity index (χ0n) is 11.1. The highest BCUT2D eigenvalue weighted by atomic mass is 15.2. The molecule has 0 aromatic carbocycles. The maximum atomic E-state index is 9.25. The van der Waals surface area contributed by atoms with Gasteiger partial charge in [-0.15, -0.1) is 0 Å². The first-order valence-corrected chi connectivity index (χ1v) is 6.41. The summed E-state index contributed by atoms with van der Waals surface area (Å²) in [6.45, 7) is 11.5. The highest BCUT2D eigenvalue weighted by molar-refractivity contribution is 5.06. The van der Waals surface area contributed by atoms with Crippen molar-refractivity contribution in [2.45, 2.75) is 52.1 Å². The van der Waals surface area contributed by atoms with Crippen molar-refractivity contribution in [1.82, 2.24) is 10.2 Å². The fourth-order valence-corrected chi connectivity index (χ4v) is 2.62. The Hall–Kier alpha value is -0.590. The minimum Gasteiger partial charge on any atom is -0.299 e. The number of hydrogen-bond donors (Lipinski definition) is 1. The SMILES string of the molecule is CCNC(C)(C#N)CN1CCC(C)CC1C. The molecule has 1 aliphatic heterocycles. The van der Waals surface area contributed by atoms with Crippen LogP contribution < -0.4 is 5.32 Å². The van der Waals surface area contributed by atoms with E-state index in [9.17, 15) is 5.26 Å². The van der Waals surface area contributed by atoms with Gasteiger partial charge in [-0.05, 0) is 45.7 Å². The predicted octanol–water partition coefficient (Wildman–Crippen LogP) is 2.00. The van der Waals surface area contributed by atoms with Gasteiger partial charge in [0.25, 0.3) is 0 Å². The Balaban J connectivity index is 2.55. The van der Waals surface area contributed by atoms with Gasteiger partial charge < -0.3 is 0 Å². The molecular weight excluding hydrogens is 198 g/mol. The molecule has 3 atom stereocenters. The molecule has 1 aliphatic rings. The van der Waals surface area contributed by atoms with Gasteiger partial charge in [0.15, 0.2) is 0 Å². The van der Waals surface area contributed by atoms with Gasteiger partial charge in [-0.25, -0.2) is 0 Å². The summed E-state index contributed by atoms with van der Waals surface area (Å²) < 4.78 is 0. The smallest absolute Gasteiger partial charge is 0.116 e. The normalized spacial score (nSPS) is 30.7. The summed E-state index contributed by atoms with van der Waals surface area (Å²) in [6.07, 6.45) is 2.52. The van der Waals surface area contributed by atoms with Crippen molar-refractivity contribution in [1.29, 1.82) is 5.26 Å². The van der Waals surface area contributed by atoms with Gasteiger partial charge in [-0.1, -0.05) is 13.8 Å². The summed E-state index contributed by atoms with van der Waals surface area (Å²) >= 11 is 0. The lowest BCUT2D eigenvalue weighted by Gasteiger charge is -2.40. The number of nitrogens with one attached hydrogen (secondary N) is 1. The molecule has 0 radical (unpaired) electrons. The fraction of sp³-hybridized carbons (Fsp3) is 0.923. The molecule has 0 bridgehead atoms. The summed E-state index contributed by atoms with van der Waals surface area (Å²) in [5, 5.41) is 12.5. The van der Waals surface area contributed by atoms with Gasteiger partial charge in [0.1, 0.15) is 5.54 Å². The molecule has 0 saturated carbocycles. The highest BCUT2D eigenvalue weighted by Gasteiger charge is 2.30. The van der Waals surface area contributed by atoms with Crippen molar-refractivity contribution in [3.05, 3.63) is 0 Å². The Morgan fingerprint density at radius 1 is 1.50 bits per heavy atom. The Labute approximate surface area is 99.8 Å². The van der Waals surface area contributed by atoms with Crippen LogP contribution in [0.3, 0.4) is 0 Å². The van der Waals surface area contributed by atoms with Crippen LogP contribution in [0.2, 0.25) is 0 Å². The largest absolute Gasteiger partial charge is 0.299 e. The molecule has 3 heteroatoms. The van der Waals surface area contributed by atoms with E-state index in [1.54, 1.807) is 0 Å². The van der Waals surface area contributed by atoms with Crippen molar-refractivity contribution < 1.29 is 0 Å². The second-order valence-corrected chi connectivity index (χ2v) is 5.42. The Morgan fingerprint density at radius 3 is 2.69 bits per heavy atom. The third-order valence-electron chi connectivity index (χ3n) is 3.61. The lowest BCUT2D eigenvalue weighted by molar-refractivity contribution is 0.107. The van der Waals surface area contributed by atoms with E-state index in [0.29, 0.717) is 6.04 Å². The Morgan fingerprint density at radius 2 is 2.19 bits per heavy atom. The second-order valence-electron chi connectivity index (χ2n) is 5.42. The van der Waals surface area contributed by atoms with Crippen LogP contribution in [0, 0.1) is 17.2 Å². The lowest BCUT2D eigenvalue weighted by atomic mass is 9.91. The van der Waals surface area contributed by atoms with Crippen molar-refractivity contribution in [2.24, 2.45) is 5.92 Å². The molecule has 92 valence electrons. The van der Waals surface area contributed by atoms with E-state index in [1.807, 2.05) is 6.92 Å². The number of likely N-dealkylation sites (N-methyl/N-ethyl adjacent to an activating group) is 1. The first-order valence-electron chi connectivity index (χ1n) is 6.41. The lowest BCUT2D eigenvalue weighted by Crippen LogP contribution is -2.54. The maximum Gasteiger partial charge on any atom is 0.116 e. The molecular formula is C13H25N3. The van der Waals surface area contributed by atoms with Gasteiger partial charge >= 0.3 is 0 Å². The van der Waals surface area contributed by atoms with E-state index in [-0.39, 0.29) is 0 Å². The Kier molecular flexibility index (Phi) is 4.76. The molecule has 1 fully saturated rings. The van der Waals surface area contributed by atoms with Crippen LogP contribution in [-0.4, -0.2) is 36.1 Å². The number of nitrogens with zero attached hydrogens (tertiary/aromatic N) is 2. The average Bonchev–Trinajstić information content (AvgIpc) is 2.23. The number of likely N-dealkylation sites (tertiary alicyclic amines) is 1. The molecule has 0 aromatic heterocycles. The average molecular weight is 223 g/mol. The van der Waals surface area contributed by atoms with Gasteiger partial charge in [0, 0.05) is 12.6 Å². The monoisotopic (exact) mass is 223 g/mol. The molecule has 1 rings (SSSR count). The first-order chi connectivity index (χ1) is 7.50. The third-order valence-corrected chi connectivity index (χ3v) is 3.61. The van der Waals surface area contributed by atoms with Gasteiger partial charge in [0.2, 0.25) is 0 Å². The molecule has 16 heavy (non-hydrogen) atoms. The summed E-state index contributed by atoms with van der Waals surface area (Å²) in [6, 6.07) is 3.01. The van der Waals surface area contributed by atoms with Crippen LogP contribution in [0.15, 0.2) is 0 Å². The summed E-state index contributed by atoms with van der Waals surface area (Å²) in [5.41, 5.74) is -0.399. The number of nitriles is 1. The molecule has 0 spiro atoms.